The van der Waals surface area contributed by atoms with Gasteiger partial charge in [0.15, 0.2) is 0 Å². The maximum absolute atomic E-state index is 2.64. The van der Waals surface area contributed by atoms with Gasteiger partial charge in [-0.05, 0) is 0 Å². The summed E-state index contributed by atoms with van der Waals surface area (Å²) in [6.07, 6.45) is 12.1. The number of benzene rings is 3. The minimum Gasteiger partial charge on any atom is -1.00 e. The molecule has 1 unspecified atom stereocenters. The molecule has 0 saturated carbocycles. The van der Waals surface area contributed by atoms with Crippen LogP contribution >= 0.6 is 7.92 Å². The van der Waals surface area contributed by atoms with Crippen LogP contribution in [0.5, 0.6) is 0 Å². The van der Waals surface area contributed by atoms with Crippen molar-refractivity contribution in [2.24, 2.45) is 0 Å². The van der Waals surface area contributed by atoms with E-state index in [2.05, 4.69) is 86.7 Å². The molecule has 0 amide bonds. The normalized spacial score (nSPS) is 14.9. The third-order valence-corrected chi connectivity index (χ3v) is 16.8. The van der Waals surface area contributed by atoms with Crippen LogP contribution in [0.1, 0.15) is 65.5 Å². The van der Waals surface area contributed by atoms with Crippen LogP contribution in [0.4, 0.5) is 0 Å². The van der Waals surface area contributed by atoms with Gasteiger partial charge in [-0.2, -0.15) is 0 Å². The molecule has 3 aromatic rings. The van der Waals surface area contributed by atoms with E-state index < -0.39 is 22.9 Å². The molecule has 3 aromatic carbocycles. The van der Waals surface area contributed by atoms with Gasteiger partial charge < -0.3 is 24.8 Å². The zero-order chi connectivity index (χ0) is 21.9. The number of rotatable bonds is 9. The summed E-state index contributed by atoms with van der Waals surface area (Å²) in [5.74, 6) is 0. The Hall–Kier alpha value is -0.720. The fourth-order valence-electron chi connectivity index (χ4n) is 5.25. The van der Waals surface area contributed by atoms with E-state index in [0.29, 0.717) is 0 Å². The first-order chi connectivity index (χ1) is 15.8. The van der Waals surface area contributed by atoms with Gasteiger partial charge in [0.1, 0.15) is 0 Å². The number of allylic oxidation sites excluding steroid dienone is 1. The number of fused-ring (bicyclic) bond motifs is 4. The number of hydrogen-bond donors (Lipinski definition) is 0. The molecule has 0 saturated heterocycles. The molecule has 0 radical (unpaired) electrons. The van der Waals surface area contributed by atoms with Gasteiger partial charge in [-0.25, -0.2) is 0 Å². The summed E-state index contributed by atoms with van der Waals surface area (Å²) in [5, 5.41) is 1.86. The molecule has 0 nitrogen and oxygen atoms in total. The first-order valence-corrected chi connectivity index (χ1v) is 17.9. The average molecular weight is 674 g/mol. The molecule has 176 valence electrons. The molecule has 2 aliphatic carbocycles. The van der Waals surface area contributed by atoms with E-state index >= 15 is 0 Å². The van der Waals surface area contributed by atoms with Crippen molar-refractivity contribution in [3.05, 3.63) is 94.3 Å². The molecule has 2 aliphatic rings. The zero-order valence-corrected chi connectivity index (χ0v) is 26.2. The van der Waals surface area contributed by atoms with Crippen molar-refractivity contribution in [3.8, 4) is 11.1 Å². The molecule has 1 atom stereocenters. The van der Waals surface area contributed by atoms with Crippen LogP contribution in [0.3, 0.4) is 0 Å². The SMILES string of the molecule is CCCCP(CCCC)C1=Cc2ccccc2[CH]1[Hf+2][c]1cccc2c1Cc1ccccc1-2.[Cl-].[Cl-]. The van der Waals surface area contributed by atoms with E-state index in [0.717, 1.165) is 10.1 Å². The van der Waals surface area contributed by atoms with Crippen LogP contribution < -0.4 is 28.1 Å². The quantitative estimate of drug-likeness (QED) is 0.189. The molecule has 4 heteroatoms. The van der Waals surface area contributed by atoms with Gasteiger partial charge in [0, 0.05) is 0 Å². The molecule has 5 rings (SSSR count). The van der Waals surface area contributed by atoms with Crippen molar-refractivity contribution < 1.29 is 47.7 Å². The Kier molecular flexibility index (Phi) is 10.7. The van der Waals surface area contributed by atoms with Crippen molar-refractivity contribution in [2.45, 2.75) is 49.6 Å². The summed E-state index contributed by atoms with van der Waals surface area (Å²) in [7, 11) is 0.00178. The molecule has 0 bridgehead atoms. The van der Waals surface area contributed by atoms with Crippen LogP contribution in [-0.4, -0.2) is 12.3 Å². The molecular formula is C30H33Cl2HfP. The van der Waals surface area contributed by atoms with Crippen molar-refractivity contribution >= 4 is 17.3 Å². The summed E-state index contributed by atoms with van der Waals surface area (Å²) >= 11 is -1.12. The summed E-state index contributed by atoms with van der Waals surface area (Å²) in [4.78, 5) is 0. The molecule has 0 N–H and O–H groups in total. The molecule has 0 aliphatic heterocycles. The predicted octanol–water partition coefficient (Wildman–Crippen LogP) is 2.15. The Bertz CT molecular complexity index is 1130. The van der Waals surface area contributed by atoms with Gasteiger partial charge in [0.2, 0.25) is 0 Å². The summed E-state index contributed by atoms with van der Waals surface area (Å²) in [5.41, 5.74) is 9.35. The maximum atomic E-state index is 2.64. The van der Waals surface area contributed by atoms with Gasteiger partial charge in [0.05, 0.1) is 0 Å². The molecule has 0 fully saturated rings. The van der Waals surface area contributed by atoms with Crippen LogP contribution in [0.25, 0.3) is 17.2 Å². The summed E-state index contributed by atoms with van der Waals surface area (Å²) in [6.45, 7) is 4.71. The van der Waals surface area contributed by atoms with Crippen molar-refractivity contribution in [1.29, 1.82) is 0 Å². The maximum Gasteiger partial charge on any atom is -1.00 e. The Morgan fingerprint density at radius 3 is 2.24 bits per heavy atom. The Labute approximate surface area is 231 Å². The first-order valence-electron chi connectivity index (χ1n) is 12.3. The Morgan fingerprint density at radius 1 is 0.794 bits per heavy atom. The molecule has 34 heavy (non-hydrogen) atoms. The minimum atomic E-state index is -1.12. The average Bonchev–Trinajstić information content (AvgIpc) is 3.39. The van der Waals surface area contributed by atoms with Crippen molar-refractivity contribution in [1.82, 2.24) is 0 Å². The van der Waals surface area contributed by atoms with Gasteiger partial charge in [-0.3, -0.25) is 0 Å². The van der Waals surface area contributed by atoms with Crippen LogP contribution in [0.15, 0.2) is 72.0 Å². The van der Waals surface area contributed by atoms with Gasteiger partial charge >= 0.3 is 208 Å². The van der Waals surface area contributed by atoms with Crippen LogP contribution in [-0.2, 0) is 29.3 Å². The monoisotopic (exact) mass is 674 g/mol. The molecule has 0 aromatic heterocycles. The van der Waals surface area contributed by atoms with E-state index in [-0.39, 0.29) is 32.7 Å². The second-order valence-corrected chi connectivity index (χ2v) is 16.7. The van der Waals surface area contributed by atoms with E-state index in [1.165, 1.54) is 60.3 Å². The van der Waals surface area contributed by atoms with E-state index in [4.69, 9.17) is 0 Å². The fraction of sp³-hybridized carbons (Fsp3) is 0.333. The third kappa shape index (κ3) is 5.64. The number of halogens is 2. The molecule has 0 spiro atoms. The molecular weight excluding hydrogens is 641 g/mol. The van der Waals surface area contributed by atoms with Crippen LogP contribution in [0, 0.1) is 0 Å². The van der Waals surface area contributed by atoms with E-state index in [9.17, 15) is 0 Å². The number of hydrogen-bond acceptors (Lipinski definition) is 0. The van der Waals surface area contributed by atoms with E-state index in [1.54, 1.807) is 14.4 Å². The standard InChI is InChI=1S/C17H24P.C13H9.2ClH.Hf/c1-3-5-11-18(12-6-4-2)17-13-15-9-7-8-10-16(15)14-17;1-3-7-12-10(5-1)9-11-6-2-4-8-13(11)12;;;/h7-10,13-14H,3-6,11-12H2,1-2H3;1-5,7-8H,9H2;2*1H;/q;;;;+2/p-2. The smallest absolute Gasteiger partial charge is 1.00 e. The van der Waals surface area contributed by atoms with E-state index in [1.807, 2.05) is 5.31 Å². The van der Waals surface area contributed by atoms with Gasteiger partial charge in [-0.15, -0.1) is 0 Å². The topological polar surface area (TPSA) is 0 Å². The second-order valence-electron chi connectivity index (χ2n) is 9.14. The first kappa shape index (κ1) is 27.9. The van der Waals surface area contributed by atoms with Crippen LogP contribution in [0.2, 0.25) is 0 Å². The zero-order valence-electron chi connectivity index (χ0n) is 20.2. The largest absolute Gasteiger partial charge is 1.00 e. The Balaban J connectivity index is 0.00000162. The minimum absolute atomic E-state index is 0. The third-order valence-electron chi connectivity index (χ3n) is 6.99. The number of unbranched alkanes of at least 4 members (excludes halogenated alkanes) is 2. The predicted molar refractivity (Wildman–Crippen MR) is 138 cm³/mol. The second kappa shape index (κ2) is 13.0. The summed E-state index contributed by atoms with van der Waals surface area (Å²) in [6, 6.07) is 25.6. The Morgan fingerprint density at radius 2 is 1.47 bits per heavy atom. The van der Waals surface area contributed by atoms with Crippen molar-refractivity contribution in [2.75, 3.05) is 12.3 Å². The summed E-state index contributed by atoms with van der Waals surface area (Å²) < 4.78 is 2.51. The van der Waals surface area contributed by atoms with Gasteiger partial charge in [0.25, 0.3) is 0 Å². The fourth-order valence-corrected chi connectivity index (χ4v) is 16.3. The van der Waals surface area contributed by atoms with Crippen molar-refractivity contribution in [3.63, 3.8) is 0 Å². The molecule has 0 heterocycles. The van der Waals surface area contributed by atoms with Gasteiger partial charge in [-0.1, -0.05) is 0 Å².